The fourth-order valence-corrected chi connectivity index (χ4v) is 4.52. The first kappa shape index (κ1) is 32.5. The Labute approximate surface area is 250 Å². The highest BCUT2D eigenvalue weighted by atomic mass is 19.1. The molecular formula is C37H43FO4. The molecule has 0 aliphatic rings. The maximum Gasteiger partial charge on any atom is 0.311 e. The lowest BCUT2D eigenvalue weighted by molar-refractivity contribution is -0.134. The van der Waals surface area contributed by atoms with E-state index in [1.165, 1.54) is 68.9 Å². The molecule has 0 aliphatic heterocycles. The van der Waals surface area contributed by atoms with E-state index < -0.39 is 0 Å². The Balaban J connectivity index is 1.15. The van der Waals surface area contributed by atoms with E-state index in [2.05, 4.69) is 18.7 Å². The summed E-state index contributed by atoms with van der Waals surface area (Å²) < 4.78 is 24.3. The molecule has 42 heavy (non-hydrogen) atoms. The minimum absolute atomic E-state index is 0.204. The number of halogens is 1. The van der Waals surface area contributed by atoms with Crippen molar-refractivity contribution in [2.24, 2.45) is 0 Å². The molecule has 0 atom stereocenters. The minimum atomic E-state index is -0.377. The fraction of sp³-hybridized carbons (Fsp3) is 0.351. The van der Waals surface area contributed by atoms with Gasteiger partial charge >= 0.3 is 5.97 Å². The van der Waals surface area contributed by atoms with Gasteiger partial charge in [-0.2, -0.15) is 0 Å². The lowest BCUT2D eigenvalue weighted by Crippen LogP contribution is -2.07. The number of carbonyl (C=O) groups excluding carboxylic acids is 2. The van der Waals surface area contributed by atoms with E-state index in [-0.39, 0.29) is 17.6 Å². The Morgan fingerprint density at radius 3 is 1.81 bits per heavy atom. The molecule has 222 valence electrons. The quantitative estimate of drug-likeness (QED) is 0.0473. The summed E-state index contributed by atoms with van der Waals surface area (Å²) in [4.78, 5) is 24.3. The van der Waals surface area contributed by atoms with Crippen molar-refractivity contribution >= 4 is 23.4 Å². The van der Waals surface area contributed by atoms with E-state index in [4.69, 9.17) is 9.47 Å². The Hall–Kier alpha value is -3.99. The standard InChI is InChI=1S/C37H43FO4/c1-29(2)31-19-25-34(26-20-31)41-28-12-10-8-6-4-3-5-7-9-11-13-37(40)42-35-23-14-30(15-24-35)16-27-36(39)32-17-21-33(38)22-18-32/h14-27H,1,3-13,28H2,2H3. The second kappa shape index (κ2) is 18.4. The minimum Gasteiger partial charge on any atom is -0.494 e. The average Bonchev–Trinajstić information content (AvgIpc) is 2.99. The highest BCUT2D eigenvalue weighted by Gasteiger charge is 2.06. The molecule has 0 radical (unpaired) electrons. The van der Waals surface area contributed by atoms with E-state index in [9.17, 15) is 14.0 Å². The van der Waals surface area contributed by atoms with E-state index in [0.29, 0.717) is 17.7 Å². The lowest BCUT2D eigenvalue weighted by atomic mass is 10.1. The summed E-state index contributed by atoms with van der Waals surface area (Å²) >= 11 is 0. The van der Waals surface area contributed by atoms with Gasteiger partial charge in [-0.1, -0.05) is 93.9 Å². The molecule has 0 saturated carbocycles. The van der Waals surface area contributed by atoms with Gasteiger partial charge in [0.05, 0.1) is 6.61 Å². The number of hydrogen-bond acceptors (Lipinski definition) is 4. The van der Waals surface area contributed by atoms with Crippen LogP contribution in [0.2, 0.25) is 0 Å². The summed E-state index contributed by atoms with van der Waals surface area (Å²) in [5.74, 6) is 0.609. The van der Waals surface area contributed by atoms with Crippen molar-refractivity contribution in [3.63, 3.8) is 0 Å². The smallest absolute Gasteiger partial charge is 0.311 e. The Morgan fingerprint density at radius 1 is 0.690 bits per heavy atom. The number of hydrogen-bond donors (Lipinski definition) is 0. The number of carbonyl (C=O) groups is 2. The van der Waals surface area contributed by atoms with Gasteiger partial charge in [-0.3, -0.25) is 9.59 Å². The zero-order chi connectivity index (χ0) is 30.0. The summed E-state index contributed by atoms with van der Waals surface area (Å²) in [7, 11) is 0. The summed E-state index contributed by atoms with van der Waals surface area (Å²) in [5.41, 5.74) is 3.44. The number of ketones is 1. The zero-order valence-corrected chi connectivity index (χ0v) is 24.8. The maximum absolute atomic E-state index is 13.0. The van der Waals surface area contributed by atoms with Crippen LogP contribution in [0.3, 0.4) is 0 Å². The molecule has 0 bridgehead atoms. The van der Waals surface area contributed by atoms with Gasteiger partial charge in [0, 0.05) is 12.0 Å². The van der Waals surface area contributed by atoms with Crippen LogP contribution in [-0.4, -0.2) is 18.4 Å². The largest absolute Gasteiger partial charge is 0.494 e. The van der Waals surface area contributed by atoms with Crippen LogP contribution in [0.5, 0.6) is 11.5 Å². The SMILES string of the molecule is C=C(C)c1ccc(OCCCCCCCCCCCCC(=O)Oc2ccc(C=CC(=O)c3ccc(F)cc3)cc2)cc1. The molecule has 0 heterocycles. The van der Waals surface area contributed by atoms with Gasteiger partial charge in [0.1, 0.15) is 17.3 Å². The fourth-order valence-electron chi connectivity index (χ4n) is 4.52. The van der Waals surface area contributed by atoms with Crippen LogP contribution < -0.4 is 9.47 Å². The van der Waals surface area contributed by atoms with Crippen molar-refractivity contribution in [2.75, 3.05) is 6.61 Å². The average molecular weight is 571 g/mol. The molecule has 0 spiro atoms. The molecule has 0 fully saturated rings. The molecule has 3 rings (SSSR count). The van der Waals surface area contributed by atoms with Crippen LogP contribution in [0, 0.1) is 5.82 Å². The molecule has 4 nitrogen and oxygen atoms in total. The Bertz CT molecular complexity index is 1270. The van der Waals surface area contributed by atoms with Gasteiger partial charge in [0.25, 0.3) is 0 Å². The number of rotatable bonds is 19. The third-order valence-electron chi connectivity index (χ3n) is 7.06. The molecular weight excluding hydrogens is 527 g/mol. The van der Waals surface area contributed by atoms with Gasteiger partial charge in [0.15, 0.2) is 5.78 Å². The van der Waals surface area contributed by atoms with Crippen LogP contribution in [0.15, 0.2) is 85.5 Å². The number of allylic oxidation sites excluding steroid dienone is 2. The Morgan fingerprint density at radius 2 is 1.21 bits per heavy atom. The van der Waals surface area contributed by atoms with Crippen LogP contribution in [0.1, 0.15) is 99.0 Å². The van der Waals surface area contributed by atoms with Crippen molar-refractivity contribution in [1.82, 2.24) is 0 Å². The van der Waals surface area contributed by atoms with E-state index >= 15 is 0 Å². The molecule has 3 aromatic carbocycles. The summed E-state index contributed by atoms with van der Waals surface area (Å²) in [6.07, 6.45) is 15.0. The number of benzene rings is 3. The first-order chi connectivity index (χ1) is 20.4. The zero-order valence-electron chi connectivity index (χ0n) is 24.8. The molecule has 0 unspecified atom stereocenters. The molecule has 0 aromatic heterocycles. The molecule has 0 N–H and O–H groups in total. The van der Waals surface area contributed by atoms with Crippen LogP contribution in [0.25, 0.3) is 11.6 Å². The predicted octanol–water partition coefficient (Wildman–Crippen LogP) is 10.0. The third kappa shape index (κ3) is 12.7. The van der Waals surface area contributed by atoms with Gasteiger partial charge in [0.2, 0.25) is 0 Å². The molecule has 0 aliphatic carbocycles. The van der Waals surface area contributed by atoms with Crippen LogP contribution in [-0.2, 0) is 4.79 Å². The maximum atomic E-state index is 13.0. The van der Waals surface area contributed by atoms with Crippen molar-refractivity contribution in [3.8, 4) is 11.5 Å². The first-order valence-corrected chi connectivity index (χ1v) is 15.1. The molecule has 0 amide bonds. The molecule has 3 aromatic rings. The van der Waals surface area contributed by atoms with E-state index in [1.54, 1.807) is 30.3 Å². The van der Waals surface area contributed by atoms with Crippen molar-refractivity contribution < 1.29 is 23.5 Å². The topological polar surface area (TPSA) is 52.6 Å². The lowest BCUT2D eigenvalue weighted by Gasteiger charge is -2.07. The second-order valence-corrected chi connectivity index (χ2v) is 10.7. The molecule has 0 saturated heterocycles. The summed E-state index contributed by atoms with van der Waals surface area (Å²) in [5, 5.41) is 0. The van der Waals surface area contributed by atoms with Crippen molar-refractivity contribution in [3.05, 3.63) is 108 Å². The Kier molecular flexibility index (Phi) is 14.3. The van der Waals surface area contributed by atoms with Crippen molar-refractivity contribution in [1.29, 1.82) is 0 Å². The predicted molar refractivity (Wildman–Crippen MR) is 169 cm³/mol. The van der Waals surface area contributed by atoms with E-state index in [1.807, 2.05) is 19.1 Å². The van der Waals surface area contributed by atoms with Crippen LogP contribution >= 0.6 is 0 Å². The second-order valence-electron chi connectivity index (χ2n) is 10.7. The number of unbranched alkanes of at least 4 members (excludes halogenated alkanes) is 9. The highest BCUT2D eigenvalue weighted by Crippen LogP contribution is 2.18. The number of ether oxygens (including phenoxy) is 2. The summed E-state index contributed by atoms with van der Waals surface area (Å²) in [6.45, 7) is 6.72. The van der Waals surface area contributed by atoms with E-state index in [0.717, 1.165) is 54.7 Å². The summed E-state index contributed by atoms with van der Waals surface area (Å²) in [6, 6.07) is 20.6. The number of esters is 1. The van der Waals surface area contributed by atoms with Gasteiger partial charge in [-0.25, -0.2) is 4.39 Å². The van der Waals surface area contributed by atoms with Crippen molar-refractivity contribution in [2.45, 2.75) is 77.6 Å². The van der Waals surface area contributed by atoms with Gasteiger partial charge in [-0.05, 0) is 85.5 Å². The normalized spacial score (nSPS) is 11.0. The third-order valence-corrected chi connectivity index (χ3v) is 7.06. The first-order valence-electron chi connectivity index (χ1n) is 15.1. The van der Waals surface area contributed by atoms with Crippen LogP contribution in [0.4, 0.5) is 4.39 Å². The molecule has 5 heteroatoms. The monoisotopic (exact) mass is 570 g/mol. The van der Waals surface area contributed by atoms with Gasteiger partial charge in [-0.15, -0.1) is 0 Å². The van der Waals surface area contributed by atoms with Gasteiger partial charge < -0.3 is 9.47 Å². The highest BCUT2D eigenvalue weighted by molar-refractivity contribution is 6.06.